The summed E-state index contributed by atoms with van der Waals surface area (Å²) < 4.78 is 0. The summed E-state index contributed by atoms with van der Waals surface area (Å²) in [6.45, 7) is 3.94. The highest BCUT2D eigenvalue weighted by Gasteiger charge is 2.04. The number of H-pyrrole nitrogens is 1. The Morgan fingerprint density at radius 1 is 1.64 bits per heavy atom. The van der Waals surface area contributed by atoms with Crippen molar-refractivity contribution in [3.63, 3.8) is 0 Å². The number of aryl methyl sites for hydroxylation is 1. The quantitative estimate of drug-likeness (QED) is 0.662. The topological polar surface area (TPSA) is 67.6 Å². The van der Waals surface area contributed by atoms with Crippen LogP contribution >= 0.6 is 0 Å². The highest BCUT2D eigenvalue weighted by atomic mass is 15.2. The first-order chi connectivity index (χ1) is 5.22. The van der Waals surface area contributed by atoms with Crippen molar-refractivity contribution in [2.75, 3.05) is 0 Å². The zero-order valence-corrected chi connectivity index (χ0v) is 6.96. The number of nitrogens with two attached hydrogens (primary N) is 1. The molecule has 11 heavy (non-hydrogen) atoms. The van der Waals surface area contributed by atoms with Crippen LogP contribution < -0.4 is 5.73 Å². The molecule has 0 bridgehead atoms. The Morgan fingerprint density at radius 2 is 2.36 bits per heavy atom. The molecule has 0 aliphatic carbocycles. The van der Waals surface area contributed by atoms with E-state index in [4.69, 9.17) is 5.73 Å². The minimum atomic E-state index is 0.185. The normalized spacial score (nSPS) is 13.4. The van der Waals surface area contributed by atoms with Crippen molar-refractivity contribution < 1.29 is 0 Å². The van der Waals surface area contributed by atoms with Gasteiger partial charge in [0.1, 0.15) is 5.82 Å². The molecular weight excluding hydrogens is 140 g/mol. The monoisotopic (exact) mass is 154 g/mol. The first-order valence-electron chi connectivity index (χ1n) is 3.85. The standard InChI is InChI=1S/C7H14N4/c1-3-6(8)4-7-9-5(2)10-11-7/h6H,3-4,8H2,1-2H3,(H,9,10,11). The van der Waals surface area contributed by atoms with Crippen LogP contribution in [0, 0.1) is 6.92 Å². The van der Waals surface area contributed by atoms with Crippen LogP contribution in [0.15, 0.2) is 0 Å². The summed E-state index contributed by atoms with van der Waals surface area (Å²) in [7, 11) is 0. The van der Waals surface area contributed by atoms with Gasteiger partial charge in [0.2, 0.25) is 0 Å². The molecule has 0 saturated carbocycles. The predicted octanol–water partition coefficient (Wildman–Crippen LogP) is 0.393. The molecule has 1 atom stereocenters. The van der Waals surface area contributed by atoms with E-state index in [0.717, 1.165) is 24.5 Å². The second-order valence-electron chi connectivity index (χ2n) is 2.71. The molecule has 1 aromatic rings. The summed E-state index contributed by atoms with van der Waals surface area (Å²) in [4.78, 5) is 4.15. The van der Waals surface area contributed by atoms with Crippen molar-refractivity contribution in [1.29, 1.82) is 0 Å². The minimum Gasteiger partial charge on any atom is -0.327 e. The molecule has 0 aliphatic heterocycles. The third-order valence-electron chi connectivity index (χ3n) is 1.61. The maximum atomic E-state index is 5.72. The van der Waals surface area contributed by atoms with Crippen molar-refractivity contribution in [1.82, 2.24) is 15.2 Å². The summed E-state index contributed by atoms with van der Waals surface area (Å²) in [5.41, 5.74) is 5.72. The highest BCUT2D eigenvalue weighted by molar-refractivity contribution is 4.90. The molecule has 1 rings (SSSR count). The molecule has 0 spiro atoms. The summed E-state index contributed by atoms with van der Waals surface area (Å²) in [5.74, 6) is 1.67. The molecule has 1 unspecified atom stereocenters. The number of hydrogen-bond acceptors (Lipinski definition) is 3. The van der Waals surface area contributed by atoms with Crippen LogP contribution in [0.2, 0.25) is 0 Å². The number of nitrogens with one attached hydrogen (secondary N) is 1. The van der Waals surface area contributed by atoms with E-state index < -0.39 is 0 Å². The fourth-order valence-electron chi connectivity index (χ4n) is 0.859. The molecule has 1 heterocycles. The van der Waals surface area contributed by atoms with Gasteiger partial charge in [0, 0.05) is 12.5 Å². The average molecular weight is 154 g/mol. The summed E-state index contributed by atoms with van der Waals surface area (Å²) in [5, 5.41) is 6.77. The number of aromatic amines is 1. The van der Waals surface area contributed by atoms with E-state index in [1.54, 1.807) is 0 Å². The molecule has 3 N–H and O–H groups in total. The Hall–Kier alpha value is -0.900. The highest BCUT2D eigenvalue weighted by Crippen LogP contribution is 1.97. The lowest BCUT2D eigenvalue weighted by Gasteiger charge is -2.02. The summed E-state index contributed by atoms with van der Waals surface area (Å²) in [6.07, 6.45) is 1.73. The molecule has 0 fully saturated rings. The number of nitrogens with zero attached hydrogens (tertiary/aromatic N) is 2. The summed E-state index contributed by atoms with van der Waals surface area (Å²) >= 11 is 0. The zero-order chi connectivity index (χ0) is 8.27. The molecular formula is C7H14N4. The van der Waals surface area contributed by atoms with Gasteiger partial charge in [-0.2, -0.15) is 5.10 Å². The van der Waals surface area contributed by atoms with Gasteiger partial charge in [-0.15, -0.1) is 0 Å². The van der Waals surface area contributed by atoms with Gasteiger partial charge in [-0.05, 0) is 13.3 Å². The molecule has 0 aliphatic rings. The lowest BCUT2D eigenvalue weighted by atomic mass is 10.2. The third-order valence-corrected chi connectivity index (χ3v) is 1.61. The van der Waals surface area contributed by atoms with Crippen molar-refractivity contribution in [2.24, 2.45) is 5.73 Å². The average Bonchev–Trinajstić information content (AvgIpc) is 2.35. The summed E-state index contributed by atoms with van der Waals surface area (Å²) in [6, 6.07) is 0.185. The Balaban J connectivity index is 2.50. The lowest BCUT2D eigenvalue weighted by Crippen LogP contribution is -2.22. The van der Waals surface area contributed by atoms with Gasteiger partial charge in [-0.25, -0.2) is 4.98 Å². The van der Waals surface area contributed by atoms with E-state index in [-0.39, 0.29) is 6.04 Å². The fraction of sp³-hybridized carbons (Fsp3) is 0.714. The van der Waals surface area contributed by atoms with E-state index in [9.17, 15) is 0 Å². The van der Waals surface area contributed by atoms with Crippen LogP contribution in [0.4, 0.5) is 0 Å². The lowest BCUT2D eigenvalue weighted by molar-refractivity contribution is 0.626. The fourth-order valence-corrected chi connectivity index (χ4v) is 0.859. The first kappa shape index (κ1) is 8.20. The second-order valence-corrected chi connectivity index (χ2v) is 2.71. The van der Waals surface area contributed by atoms with Crippen LogP contribution in [0.3, 0.4) is 0 Å². The Bertz CT molecular complexity index is 218. The number of aromatic nitrogens is 3. The van der Waals surface area contributed by atoms with Gasteiger partial charge in [-0.3, -0.25) is 5.10 Å². The van der Waals surface area contributed by atoms with E-state index in [1.807, 2.05) is 6.92 Å². The van der Waals surface area contributed by atoms with Gasteiger partial charge in [0.25, 0.3) is 0 Å². The predicted molar refractivity (Wildman–Crippen MR) is 43.1 cm³/mol. The van der Waals surface area contributed by atoms with E-state index in [1.165, 1.54) is 0 Å². The molecule has 62 valence electrons. The largest absolute Gasteiger partial charge is 0.327 e. The van der Waals surface area contributed by atoms with Gasteiger partial charge < -0.3 is 5.73 Å². The van der Waals surface area contributed by atoms with Crippen LogP contribution in [-0.2, 0) is 6.42 Å². The number of hydrogen-bond donors (Lipinski definition) is 2. The van der Waals surface area contributed by atoms with Crippen molar-refractivity contribution in [2.45, 2.75) is 32.7 Å². The molecule has 4 heteroatoms. The van der Waals surface area contributed by atoms with Gasteiger partial charge in [0.15, 0.2) is 5.82 Å². The van der Waals surface area contributed by atoms with Gasteiger partial charge in [-0.1, -0.05) is 6.92 Å². The Kier molecular flexibility index (Phi) is 2.59. The van der Waals surface area contributed by atoms with Crippen molar-refractivity contribution >= 4 is 0 Å². The van der Waals surface area contributed by atoms with Crippen molar-refractivity contribution in [3.8, 4) is 0 Å². The second kappa shape index (κ2) is 3.48. The maximum absolute atomic E-state index is 5.72. The first-order valence-corrected chi connectivity index (χ1v) is 3.85. The van der Waals surface area contributed by atoms with E-state index in [0.29, 0.717) is 0 Å². The molecule has 0 radical (unpaired) electrons. The Morgan fingerprint density at radius 3 is 2.82 bits per heavy atom. The smallest absolute Gasteiger partial charge is 0.152 e. The van der Waals surface area contributed by atoms with Gasteiger partial charge >= 0.3 is 0 Å². The van der Waals surface area contributed by atoms with E-state index in [2.05, 4.69) is 22.1 Å². The minimum absolute atomic E-state index is 0.185. The van der Waals surface area contributed by atoms with Crippen molar-refractivity contribution in [3.05, 3.63) is 11.6 Å². The molecule has 0 saturated heterocycles. The molecule has 4 nitrogen and oxygen atoms in total. The van der Waals surface area contributed by atoms with Crippen LogP contribution in [-0.4, -0.2) is 21.2 Å². The third kappa shape index (κ3) is 2.31. The maximum Gasteiger partial charge on any atom is 0.152 e. The van der Waals surface area contributed by atoms with Crippen LogP contribution in [0.5, 0.6) is 0 Å². The van der Waals surface area contributed by atoms with E-state index >= 15 is 0 Å². The molecule has 1 aromatic heterocycles. The van der Waals surface area contributed by atoms with Gasteiger partial charge in [0.05, 0.1) is 0 Å². The Labute approximate surface area is 66.2 Å². The molecule has 0 aromatic carbocycles. The number of rotatable bonds is 3. The zero-order valence-electron chi connectivity index (χ0n) is 6.96. The SMILES string of the molecule is CCC(N)Cc1n[nH]c(C)n1. The molecule has 0 amide bonds. The van der Waals surface area contributed by atoms with Crippen LogP contribution in [0.1, 0.15) is 25.0 Å². The van der Waals surface area contributed by atoms with Crippen LogP contribution in [0.25, 0.3) is 0 Å².